The highest BCUT2D eigenvalue weighted by atomic mass is 16.7. The minimum absolute atomic E-state index is 0.263. The monoisotopic (exact) mass is 1050 g/mol. The molecule has 0 aromatic carbocycles. The van der Waals surface area contributed by atoms with E-state index < -0.39 is 74.2 Å². The summed E-state index contributed by atoms with van der Waals surface area (Å²) >= 11 is 0. The van der Waals surface area contributed by atoms with Gasteiger partial charge in [0.05, 0.1) is 25.4 Å². The molecule has 74 heavy (non-hydrogen) atoms. The molecule has 1 amide bonds. The third kappa shape index (κ3) is 39.9. The molecule has 11 heteroatoms. The maximum absolute atomic E-state index is 13.2. The van der Waals surface area contributed by atoms with Gasteiger partial charge in [0.25, 0.3) is 0 Å². The second-order valence-corrected chi connectivity index (χ2v) is 22.5. The molecule has 1 aliphatic heterocycles. The van der Waals surface area contributed by atoms with Crippen LogP contribution in [0, 0.1) is 0 Å². The molecule has 0 bridgehead atoms. The normalized spacial score (nSPS) is 19.9. The van der Waals surface area contributed by atoms with Crippen LogP contribution in [0.5, 0.6) is 0 Å². The van der Waals surface area contributed by atoms with Gasteiger partial charge in [-0.25, -0.2) is 0 Å². The van der Waals surface area contributed by atoms with Crippen molar-refractivity contribution in [3.63, 3.8) is 0 Å². The smallest absolute Gasteiger partial charge is 0.249 e. The van der Waals surface area contributed by atoms with E-state index in [-0.39, 0.29) is 6.42 Å². The molecular formula is C63H121NO10. The lowest BCUT2D eigenvalue weighted by atomic mass is 9.98. The molecule has 9 atom stereocenters. The Balaban J connectivity index is 2.19. The molecule has 0 radical (unpaired) electrons. The van der Waals surface area contributed by atoms with Crippen LogP contribution in [0.3, 0.4) is 0 Å². The second kappa shape index (κ2) is 52.3. The Morgan fingerprint density at radius 3 is 1.20 bits per heavy atom. The number of unbranched alkanes of at least 4 members (excludes halogenated alkanes) is 39. The molecular weight excluding hydrogens is 931 g/mol. The van der Waals surface area contributed by atoms with Gasteiger partial charge in [-0.2, -0.15) is 0 Å². The molecule has 0 saturated carbocycles. The number of carbonyl (C=O) groups is 1. The summed E-state index contributed by atoms with van der Waals surface area (Å²) < 4.78 is 11.2. The van der Waals surface area contributed by atoms with Crippen molar-refractivity contribution in [1.82, 2.24) is 5.32 Å². The van der Waals surface area contributed by atoms with Gasteiger partial charge in [0, 0.05) is 0 Å². The Morgan fingerprint density at radius 2 is 0.824 bits per heavy atom. The maximum atomic E-state index is 13.2. The fraction of sp³-hybridized carbons (Fsp3) is 0.921. The highest BCUT2D eigenvalue weighted by Crippen LogP contribution is 2.24. The van der Waals surface area contributed by atoms with Gasteiger partial charge in [-0.15, -0.1) is 0 Å². The van der Waals surface area contributed by atoms with E-state index in [1.165, 1.54) is 218 Å². The van der Waals surface area contributed by atoms with E-state index in [1.54, 1.807) is 0 Å². The van der Waals surface area contributed by atoms with Gasteiger partial charge in [-0.05, 0) is 44.9 Å². The van der Waals surface area contributed by atoms with Gasteiger partial charge in [0.15, 0.2) is 6.29 Å². The number of aliphatic hydroxyl groups is 7. The van der Waals surface area contributed by atoms with E-state index in [4.69, 9.17) is 9.47 Å². The predicted molar refractivity (Wildman–Crippen MR) is 307 cm³/mol. The number of aliphatic hydroxyl groups excluding tert-OH is 7. The first-order valence-electron chi connectivity index (χ1n) is 31.7. The number of hydrogen-bond acceptors (Lipinski definition) is 10. The molecule has 0 aromatic rings. The largest absolute Gasteiger partial charge is 0.394 e. The lowest BCUT2D eigenvalue weighted by Crippen LogP contribution is -2.60. The summed E-state index contributed by atoms with van der Waals surface area (Å²) in [5.74, 6) is -0.692. The number of rotatable bonds is 55. The molecule has 0 aliphatic carbocycles. The van der Waals surface area contributed by atoms with Crippen LogP contribution >= 0.6 is 0 Å². The van der Waals surface area contributed by atoms with E-state index >= 15 is 0 Å². The van der Waals surface area contributed by atoms with Gasteiger partial charge in [-0.3, -0.25) is 4.79 Å². The first-order valence-corrected chi connectivity index (χ1v) is 31.7. The average Bonchev–Trinajstić information content (AvgIpc) is 3.40. The first-order chi connectivity index (χ1) is 36.2. The Hall–Kier alpha value is -1.41. The number of carbonyl (C=O) groups excluding carboxylic acids is 1. The molecule has 1 aliphatic rings. The van der Waals surface area contributed by atoms with Crippen LogP contribution in [0.15, 0.2) is 24.3 Å². The van der Waals surface area contributed by atoms with Crippen LogP contribution in [0.4, 0.5) is 0 Å². The molecule has 8 N–H and O–H groups in total. The SMILES string of the molecule is CCCCCCCCCCC/C=C\C/C=C\CCCCCCCCCCCCCCCCCCC(O)C(=O)NC(COC1OC(CO)C(O)C(O)C1O)C(O)C(O)CCCCCCCCCCCCCCCCC. The van der Waals surface area contributed by atoms with E-state index in [0.29, 0.717) is 19.3 Å². The van der Waals surface area contributed by atoms with Crippen molar-refractivity contribution in [3.05, 3.63) is 24.3 Å². The number of ether oxygens (including phenoxy) is 2. The summed E-state index contributed by atoms with van der Waals surface area (Å²) in [6.07, 6.45) is 52.5. The minimum atomic E-state index is -1.66. The fourth-order valence-corrected chi connectivity index (χ4v) is 10.4. The summed E-state index contributed by atoms with van der Waals surface area (Å²) in [5, 5.41) is 76.2. The van der Waals surface area contributed by atoms with E-state index in [0.717, 1.165) is 44.9 Å². The van der Waals surface area contributed by atoms with Crippen LogP contribution in [0.25, 0.3) is 0 Å². The number of allylic oxidation sites excluding steroid dienone is 4. The van der Waals surface area contributed by atoms with Gasteiger partial charge >= 0.3 is 0 Å². The van der Waals surface area contributed by atoms with Crippen LogP contribution < -0.4 is 5.32 Å². The standard InChI is InChI=1S/C63H121NO10/c1-3-5-7-9-11-13-15-17-19-20-21-22-23-24-25-26-27-28-29-30-31-32-33-34-35-37-39-41-43-45-47-49-51-56(67)62(72)64-54(53-73-63-61(71)60(70)59(69)57(52-65)74-63)58(68)55(66)50-48-46-44-42-40-38-36-18-16-14-12-10-8-6-4-2/h21-22,24-25,54-61,63,65-71H,3-20,23,26-53H2,1-2H3,(H,64,72)/b22-21-,25-24-. The van der Waals surface area contributed by atoms with Gasteiger partial charge < -0.3 is 50.5 Å². The highest BCUT2D eigenvalue weighted by Gasteiger charge is 2.44. The zero-order valence-corrected chi connectivity index (χ0v) is 48.1. The van der Waals surface area contributed by atoms with E-state index in [1.807, 2.05) is 0 Å². The zero-order valence-electron chi connectivity index (χ0n) is 48.1. The van der Waals surface area contributed by atoms with Gasteiger partial charge in [-0.1, -0.05) is 282 Å². The molecule has 1 saturated heterocycles. The van der Waals surface area contributed by atoms with E-state index in [9.17, 15) is 40.5 Å². The van der Waals surface area contributed by atoms with Gasteiger partial charge in [0.2, 0.25) is 5.91 Å². The molecule has 0 spiro atoms. The lowest BCUT2D eigenvalue weighted by Gasteiger charge is -2.40. The third-order valence-corrected chi connectivity index (χ3v) is 15.5. The molecule has 1 heterocycles. The Kier molecular flexibility index (Phi) is 49.9. The summed E-state index contributed by atoms with van der Waals surface area (Å²) in [6.45, 7) is 3.48. The van der Waals surface area contributed by atoms with Crippen molar-refractivity contribution in [2.24, 2.45) is 0 Å². The summed E-state index contributed by atoms with van der Waals surface area (Å²) in [7, 11) is 0. The van der Waals surface area contributed by atoms with Crippen LogP contribution in [0.2, 0.25) is 0 Å². The second-order valence-electron chi connectivity index (χ2n) is 22.5. The average molecular weight is 1050 g/mol. The highest BCUT2D eigenvalue weighted by molar-refractivity contribution is 5.80. The molecule has 9 unspecified atom stereocenters. The summed E-state index contributed by atoms with van der Waals surface area (Å²) in [6, 6.07) is -1.17. The first kappa shape index (κ1) is 70.6. The number of hydrogen-bond donors (Lipinski definition) is 8. The van der Waals surface area contributed by atoms with Gasteiger partial charge in [0.1, 0.15) is 36.6 Å². The fourth-order valence-electron chi connectivity index (χ4n) is 10.4. The number of nitrogens with one attached hydrogen (secondary N) is 1. The van der Waals surface area contributed by atoms with Crippen LogP contribution in [0.1, 0.15) is 303 Å². The Bertz CT molecular complexity index is 1250. The summed E-state index contributed by atoms with van der Waals surface area (Å²) in [4.78, 5) is 13.2. The predicted octanol–water partition coefficient (Wildman–Crippen LogP) is 14.1. The lowest BCUT2D eigenvalue weighted by molar-refractivity contribution is -0.303. The molecule has 1 fully saturated rings. The molecule has 1 rings (SSSR count). The van der Waals surface area contributed by atoms with Crippen LogP contribution in [-0.4, -0.2) is 110 Å². The van der Waals surface area contributed by atoms with Crippen molar-refractivity contribution in [3.8, 4) is 0 Å². The van der Waals surface area contributed by atoms with Crippen molar-refractivity contribution < 1.29 is 50.0 Å². The van der Waals surface area contributed by atoms with Crippen molar-refractivity contribution in [2.45, 2.75) is 358 Å². The quantitative estimate of drug-likeness (QED) is 0.0215. The molecule has 438 valence electrons. The van der Waals surface area contributed by atoms with Crippen LogP contribution in [-0.2, 0) is 14.3 Å². The Labute approximate surface area is 454 Å². The van der Waals surface area contributed by atoms with Crippen molar-refractivity contribution in [2.75, 3.05) is 13.2 Å². The number of amides is 1. The molecule has 0 aromatic heterocycles. The topological polar surface area (TPSA) is 189 Å². The minimum Gasteiger partial charge on any atom is -0.394 e. The summed E-state index contributed by atoms with van der Waals surface area (Å²) in [5.41, 5.74) is 0. The maximum Gasteiger partial charge on any atom is 0.249 e. The van der Waals surface area contributed by atoms with Crippen molar-refractivity contribution in [1.29, 1.82) is 0 Å². The zero-order chi connectivity index (χ0) is 54.0. The third-order valence-electron chi connectivity index (χ3n) is 15.5. The van der Waals surface area contributed by atoms with Crippen molar-refractivity contribution >= 4 is 5.91 Å². The molecule has 11 nitrogen and oxygen atoms in total. The van der Waals surface area contributed by atoms with E-state index in [2.05, 4.69) is 43.5 Å². The Morgan fingerprint density at radius 1 is 0.473 bits per heavy atom.